The van der Waals surface area contributed by atoms with Crippen LogP contribution in [-0.4, -0.2) is 29.0 Å². The number of carbonyl (C=O) groups excluding carboxylic acids is 1. The minimum absolute atomic E-state index is 0.0508. The molecule has 0 unspecified atom stereocenters. The largest absolute Gasteiger partial charge is 0.490 e. The second-order valence-corrected chi connectivity index (χ2v) is 8.45. The SMILES string of the molecule is CCCOc1cc(NC(=O)c2sc(-c3ccsc3)nc2C)c([N+](=O)[O-])cc1OCCC. The van der Waals surface area contributed by atoms with Gasteiger partial charge >= 0.3 is 0 Å². The maximum absolute atomic E-state index is 12.9. The maximum atomic E-state index is 12.9. The molecule has 31 heavy (non-hydrogen) atoms. The zero-order chi connectivity index (χ0) is 22.4. The number of amides is 1. The summed E-state index contributed by atoms with van der Waals surface area (Å²) in [5, 5.41) is 19.0. The molecule has 0 aliphatic heterocycles. The van der Waals surface area contributed by atoms with Crippen LogP contribution in [0.3, 0.4) is 0 Å². The Labute approximate surface area is 188 Å². The van der Waals surface area contributed by atoms with E-state index in [-0.39, 0.29) is 17.1 Å². The Kier molecular flexibility index (Phi) is 7.59. The fourth-order valence-electron chi connectivity index (χ4n) is 2.75. The zero-order valence-corrected chi connectivity index (χ0v) is 19.1. The maximum Gasteiger partial charge on any atom is 0.296 e. The first-order valence-electron chi connectivity index (χ1n) is 9.83. The Morgan fingerprint density at radius 2 is 1.87 bits per heavy atom. The van der Waals surface area contributed by atoms with E-state index in [2.05, 4.69) is 10.3 Å². The Morgan fingerprint density at radius 1 is 1.19 bits per heavy atom. The van der Waals surface area contributed by atoms with E-state index in [4.69, 9.17) is 9.47 Å². The monoisotopic (exact) mass is 461 g/mol. The number of nitro benzene ring substituents is 1. The summed E-state index contributed by atoms with van der Waals surface area (Å²) in [4.78, 5) is 28.9. The van der Waals surface area contributed by atoms with Crippen molar-refractivity contribution in [1.29, 1.82) is 0 Å². The molecule has 0 saturated carbocycles. The summed E-state index contributed by atoms with van der Waals surface area (Å²) in [5.41, 5.74) is 1.30. The van der Waals surface area contributed by atoms with Crippen LogP contribution in [0.25, 0.3) is 10.6 Å². The molecule has 0 saturated heterocycles. The number of aryl methyl sites for hydroxylation is 1. The smallest absolute Gasteiger partial charge is 0.296 e. The van der Waals surface area contributed by atoms with Gasteiger partial charge in [-0.15, -0.1) is 11.3 Å². The third-order valence-electron chi connectivity index (χ3n) is 4.20. The second kappa shape index (κ2) is 10.4. The standard InChI is InChI=1S/C21H23N3O5S2/c1-4-7-28-17-10-15(16(24(26)27)11-18(17)29-8-5-2)23-20(25)19-13(3)22-21(31-19)14-6-9-30-12-14/h6,9-12H,4-5,7-8H2,1-3H3,(H,23,25). The molecule has 1 aromatic carbocycles. The topological polar surface area (TPSA) is 104 Å². The molecule has 8 nitrogen and oxygen atoms in total. The van der Waals surface area contributed by atoms with Gasteiger partial charge in [-0.3, -0.25) is 14.9 Å². The predicted octanol–water partition coefficient (Wildman–Crippen LogP) is 5.92. The lowest BCUT2D eigenvalue weighted by Gasteiger charge is -2.14. The molecule has 3 aromatic rings. The van der Waals surface area contributed by atoms with Crippen molar-refractivity contribution in [2.75, 3.05) is 18.5 Å². The van der Waals surface area contributed by atoms with Gasteiger partial charge in [0.25, 0.3) is 11.6 Å². The highest BCUT2D eigenvalue weighted by atomic mass is 32.1. The Hall–Kier alpha value is -2.98. The lowest BCUT2D eigenvalue weighted by atomic mass is 10.2. The third kappa shape index (κ3) is 5.39. The third-order valence-corrected chi connectivity index (χ3v) is 6.09. The minimum atomic E-state index is -0.547. The van der Waals surface area contributed by atoms with E-state index >= 15 is 0 Å². The van der Waals surface area contributed by atoms with Crippen LogP contribution in [0.1, 0.15) is 42.1 Å². The van der Waals surface area contributed by atoms with Gasteiger partial charge in [-0.1, -0.05) is 13.8 Å². The Balaban J connectivity index is 1.93. The van der Waals surface area contributed by atoms with Crippen molar-refractivity contribution in [2.45, 2.75) is 33.6 Å². The highest BCUT2D eigenvalue weighted by Crippen LogP contribution is 2.39. The summed E-state index contributed by atoms with van der Waals surface area (Å²) in [6.45, 7) is 6.46. The second-order valence-electron chi connectivity index (χ2n) is 6.67. The first-order valence-corrected chi connectivity index (χ1v) is 11.6. The van der Waals surface area contributed by atoms with Crippen LogP contribution in [0.2, 0.25) is 0 Å². The molecule has 0 bridgehead atoms. The van der Waals surface area contributed by atoms with Crippen LogP contribution in [-0.2, 0) is 0 Å². The molecule has 0 atom stereocenters. The van der Waals surface area contributed by atoms with Gasteiger partial charge in [0.05, 0.1) is 29.9 Å². The summed E-state index contributed by atoms with van der Waals surface area (Å²) in [6.07, 6.45) is 1.51. The number of benzene rings is 1. The van der Waals surface area contributed by atoms with E-state index in [0.717, 1.165) is 23.4 Å². The first kappa shape index (κ1) is 22.7. The molecule has 164 valence electrons. The van der Waals surface area contributed by atoms with Gasteiger partial charge in [0.2, 0.25) is 0 Å². The van der Waals surface area contributed by atoms with E-state index < -0.39 is 10.8 Å². The van der Waals surface area contributed by atoms with Gasteiger partial charge in [-0.25, -0.2) is 4.98 Å². The van der Waals surface area contributed by atoms with Crippen molar-refractivity contribution in [1.82, 2.24) is 4.98 Å². The molecule has 1 N–H and O–H groups in total. The summed E-state index contributed by atoms with van der Waals surface area (Å²) in [6, 6.07) is 4.68. The molecule has 0 spiro atoms. The fourth-order valence-corrected chi connectivity index (χ4v) is 4.42. The number of nitrogens with zero attached hydrogens (tertiary/aromatic N) is 2. The molecule has 0 radical (unpaired) electrons. The van der Waals surface area contributed by atoms with E-state index in [1.807, 2.05) is 30.7 Å². The molecule has 2 aromatic heterocycles. The van der Waals surface area contributed by atoms with Crippen molar-refractivity contribution in [3.63, 3.8) is 0 Å². The van der Waals surface area contributed by atoms with Crippen molar-refractivity contribution in [2.24, 2.45) is 0 Å². The van der Waals surface area contributed by atoms with Crippen LogP contribution in [0, 0.1) is 17.0 Å². The van der Waals surface area contributed by atoms with Crippen molar-refractivity contribution in [3.8, 4) is 22.1 Å². The first-order chi connectivity index (χ1) is 14.9. The zero-order valence-electron chi connectivity index (χ0n) is 17.5. The number of hydrogen-bond acceptors (Lipinski definition) is 8. The lowest BCUT2D eigenvalue weighted by Crippen LogP contribution is -2.13. The lowest BCUT2D eigenvalue weighted by molar-refractivity contribution is -0.384. The van der Waals surface area contributed by atoms with Gasteiger partial charge in [0.1, 0.15) is 15.6 Å². The van der Waals surface area contributed by atoms with Crippen LogP contribution in [0.15, 0.2) is 29.0 Å². The molecular weight excluding hydrogens is 438 g/mol. The number of nitro groups is 1. The van der Waals surface area contributed by atoms with Gasteiger partial charge in [-0.05, 0) is 31.2 Å². The number of carbonyl (C=O) groups is 1. The van der Waals surface area contributed by atoms with Crippen LogP contribution >= 0.6 is 22.7 Å². The number of ether oxygens (including phenoxy) is 2. The molecule has 0 aliphatic rings. The quantitative estimate of drug-likeness (QED) is 0.297. The van der Waals surface area contributed by atoms with Crippen molar-refractivity contribution in [3.05, 3.63) is 49.6 Å². The molecule has 0 fully saturated rings. The van der Waals surface area contributed by atoms with E-state index in [1.165, 1.54) is 23.5 Å². The number of thiophene rings is 1. The predicted molar refractivity (Wildman–Crippen MR) is 123 cm³/mol. The van der Waals surface area contributed by atoms with E-state index in [1.54, 1.807) is 18.3 Å². The normalized spacial score (nSPS) is 10.7. The number of nitrogens with one attached hydrogen (secondary N) is 1. The summed E-state index contributed by atoms with van der Waals surface area (Å²) < 4.78 is 11.3. The van der Waals surface area contributed by atoms with Gasteiger partial charge < -0.3 is 14.8 Å². The highest BCUT2D eigenvalue weighted by molar-refractivity contribution is 7.17. The fraction of sp³-hybridized carbons (Fsp3) is 0.333. The summed E-state index contributed by atoms with van der Waals surface area (Å²) in [5.74, 6) is 0.188. The van der Waals surface area contributed by atoms with Crippen molar-refractivity contribution >= 4 is 40.0 Å². The van der Waals surface area contributed by atoms with Crippen LogP contribution < -0.4 is 14.8 Å². The number of thiazole rings is 1. The van der Waals surface area contributed by atoms with Gasteiger partial charge in [0, 0.05) is 17.0 Å². The average Bonchev–Trinajstić information content (AvgIpc) is 3.40. The van der Waals surface area contributed by atoms with Gasteiger partial charge in [0.15, 0.2) is 11.5 Å². The van der Waals surface area contributed by atoms with Crippen LogP contribution in [0.5, 0.6) is 11.5 Å². The van der Waals surface area contributed by atoms with E-state index in [9.17, 15) is 14.9 Å². The molecule has 1 amide bonds. The van der Waals surface area contributed by atoms with Crippen molar-refractivity contribution < 1.29 is 19.2 Å². The summed E-state index contributed by atoms with van der Waals surface area (Å²) in [7, 11) is 0. The highest BCUT2D eigenvalue weighted by Gasteiger charge is 2.24. The molecule has 10 heteroatoms. The minimum Gasteiger partial charge on any atom is -0.490 e. The van der Waals surface area contributed by atoms with E-state index in [0.29, 0.717) is 29.5 Å². The Bertz CT molecular complexity index is 1060. The Morgan fingerprint density at radius 3 is 2.45 bits per heavy atom. The average molecular weight is 462 g/mol. The number of aromatic nitrogens is 1. The molecule has 3 rings (SSSR count). The molecule has 0 aliphatic carbocycles. The number of anilines is 1. The number of rotatable bonds is 10. The summed E-state index contributed by atoms with van der Waals surface area (Å²) >= 11 is 2.79. The molecular formula is C21H23N3O5S2. The van der Waals surface area contributed by atoms with Crippen LogP contribution in [0.4, 0.5) is 11.4 Å². The number of hydrogen-bond donors (Lipinski definition) is 1. The van der Waals surface area contributed by atoms with Gasteiger partial charge in [-0.2, -0.15) is 11.3 Å². The molecule has 2 heterocycles.